The number of tetrazole rings is 1. The minimum absolute atomic E-state index is 0.127. The molecule has 7 nitrogen and oxygen atoms in total. The molecule has 0 saturated heterocycles. The van der Waals surface area contributed by atoms with E-state index < -0.39 is 18.3 Å². The topological polar surface area (TPSA) is 105 Å². The first-order valence-electron chi connectivity index (χ1n) is 4.96. The number of halogens is 1. The summed E-state index contributed by atoms with van der Waals surface area (Å²) in [6.07, 6.45) is 0. The van der Waals surface area contributed by atoms with Gasteiger partial charge >= 0.3 is 5.97 Å². The number of aromatic nitrogens is 4. The Morgan fingerprint density at radius 1 is 1.58 bits per heavy atom. The van der Waals surface area contributed by atoms with Crippen LogP contribution < -0.4 is 0 Å². The van der Waals surface area contributed by atoms with Crippen LogP contribution in [-0.2, 0) is 11.3 Å². The van der Waals surface area contributed by atoms with Gasteiger partial charge in [-0.3, -0.25) is 4.79 Å². The lowest BCUT2D eigenvalue weighted by atomic mass is 10.2. The van der Waals surface area contributed by atoms with Crippen LogP contribution in [0.15, 0.2) is 28.3 Å². The molecule has 0 saturated carbocycles. The molecule has 0 atom stereocenters. The monoisotopic (exact) mass is 279 g/mol. The van der Waals surface area contributed by atoms with Crippen molar-refractivity contribution in [3.05, 3.63) is 29.6 Å². The van der Waals surface area contributed by atoms with Crippen LogP contribution in [0.5, 0.6) is 0 Å². The third kappa shape index (κ3) is 2.86. The number of rotatable bonds is 4. The first kappa shape index (κ1) is 13.0. The Morgan fingerprint density at radius 2 is 2.37 bits per heavy atom. The highest BCUT2D eigenvalue weighted by Gasteiger charge is 2.15. The summed E-state index contributed by atoms with van der Waals surface area (Å²) >= 11 is 0.929. The van der Waals surface area contributed by atoms with Crippen molar-refractivity contribution in [3.63, 3.8) is 0 Å². The molecule has 0 aliphatic rings. The van der Waals surface area contributed by atoms with Gasteiger partial charge in [-0.15, -0.1) is 5.10 Å². The van der Waals surface area contributed by atoms with Crippen molar-refractivity contribution >= 4 is 17.7 Å². The maximum absolute atomic E-state index is 13.4. The Morgan fingerprint density at radius 3 is 3.05 bits per heavy atom. The molecule has 1 aromatic carbocycles. The van der Waals surface area contributed by atoms with Gasteiger partial charge < -0.3 is 5.11 Å². The zero-order valence-electron chi connectivity index (χ0n) is 9.32. The summed E-state index contributed by atoms with van der Waals surface area (Å²) in [6.45, 7) is -0.410. The van der Waals surface area contributed by atoms with Gasteiger partial charge in [0.15, 0.2) is 0 Å². The van der Waals surface area contributed by atoms with Crippen LogP contribution in [0.25, 0.3) is 0 Å². The van der Waals surface area contributed by atoms with Crippen molar-refractivity contribution < 1.29 is 14.3 Å². The van der Waals surface area contributed by atoms with E-state index >= 15 is 0 Å². The molecule has 19 heavy (non-hydrogen) atoms. The highest BCUT2D eigenvalue weighted by Crippen LogP contribution is 2.29. The van der Waals surface area contributed by atoms with E-state index in [1.54, 1.807) is 6.07 Å². The van der Waals surface area contributed by atoms with Crippen LogP contribution in [0.3, 0.4) is 0 Å². The normalized spacial score (nSPS) is 10.1. The van der Waals surface area contributed by atoms with E-state index in [0.29, 0.717) is 4.90 Å². The molecule has 96 valence electrons. The fraction of sp³-hybridized carbons (Fsp3) is 0.100. The van der Waals surface area contributed by atoms with Crippen molar-refractivity contribution in [1.29, 1.82) is 5.26 Å². The van der Waals surface area contributed by atoms with E-state index in [4.69, 9.17) is 10.4 Å². The smallest absolute Gasteiger partial charge is 0.325 e. The maximum atomic E-state index is 13.4. The van der Waals surface area contributed by atoms with Crippen molar-refractivity contribution in [2.45, 2.75) is 16.6 Å². The number of nitriles is 1. The lowest BCUT2D eigenvalue weighted by molar-refractivity contribution is -0.138. The molecule has 0 amide bonds. The molecular weight excluding hydrogens is 273 g/mol. The summed E-state index contributed by atoms with van der Waals surface area (Å²) < 4.78 is 14.5. The number of hydrogen-bond donors (Lipinski definition) is 1. The minimum Gasteiger partial charge on any atom is -0.480 e. The Balaban J connectivity index is 2.32. The van der Waals surface area contributed by atoms with Gasteiger partial charge in [-0.25, -0.2) is 9.07 Å². The zero-order valence-corrected chi connectivity index (χ0v) is 10.1. The van der Waals surface area contributed by atoms with E-state index in [1.165, 1.54) is 18.2 Å². The molecule has 2 rings (SSSR count). The maximum Gasteiger partial charge on any atom is 0.325 e. The standard InChI is InChI=1S/C10H6FN5O2S/c11-7-2-1-3-8(6(7)4-12)19-10-13-14-15-16(10)5-9(17)18/h1-3H,5H2,(H,17,18). The Labute approximate surface area is 110 Å². The zero-order chi connectivity index (χ0) is 13.8. The van der Waals surface area contributed by atoms with Crippen LogP contribution in [0.4, 0.5) is 4.39 Å². The highest BCUT2D eigenvalue weighted by atomic mass is 32.2. The quantitative estimate of drug-likeness (QED) is 0.887. The van der Waals surface area contributed by atoms with Crippen molar-refractivity contribution in [1.82, 2.24) is 20.2 Å². The molecule has 2 aromatic rings. The average molecular weight is 279 g/mol. The highest BCUT2D eigenvalue weighted by molar-refractivity contribution is 7.99. The molecule has 0 radical (unpaired) electrons. The lowest BCUT2D eigenvalue weighted by Gasteiger charge is -2.03. The predicted octanol–water partition coefficient (Wildman–Crippen LogP) is 0.920. The summed E-state index contributed by atoms with van der Waals surface area (Å²) in [5, 5.41) is 28.2. The van der Waals surface area contributed by atoms with Crippen LogP contribution in [0.2, 0.25) is 0 Å². The molecule has 0 spiro atoms. The molecule has 0 fully saturated rings. The van der Waals surface area contributed by atoms with Crippen LogP contribution >= 0.6 is 11.8 Å². The second-order valence-electron chi connectivity index (χ2n) is 3.34. The Kier molecular flexibility index (Phi) is 3.72. The fourth-order valence-electron chi connectivity index (χ4n) is 1.29. The molecule has 1 aromatic heterocycles. The molecule has 9 heteroatoms. The molecule has 1 heterocycles. The van der Waals surface area contributed by atoms with Gasteiger partial charge in [0.2, 0.25) is 5.16 Å². The summed E-state index contributed by atoms with van der Waals surface area (Å²) in [4.78, 5) is 10.9. The van der Waals surface area contributed by atoms with Gasteiger partial charge in [-0.05, 0) is 34.3 Å². The van der Waals surface area contributed by atoms with Gasteiger partial charge in [0.25, 0.3) is 0 Å². The number of carboxylic acid groups (broad SMARTS) is 1. The predicted molar refractivity (Wildman–Crippen MR) is 60.7 cm³/mol. The van der Waals surface area contributed by atoms with Crippen molar-refractivity contribution in [2.24, 2.45) is 0 Å². The third-order valence-corrected chi connectivity index (χ3v) is 3.11. The molecule has 0 bridgehead atoms. The number of nitrogens with zero attached hydrogens (tertiary/aromatic N) is 5. The molecule has 0 unspecified atom stereocenters. The van der Waals surface area contributed by atoms with Crippen LogP contribution in [-0.4, -0.2) is 31.3 Å². The van der Waals surface area contributed by atoms with Gasteiger partial charge in [0.1, 0.15) is 24.0 Å². The molecule has 0 aliphatic heterocycles. The summed E-state index contributed by atoms with van der Waals surface area (Å²) in [7, 11) is 0. The van der Waals surface area contributed by atoms with E-state index in [2.05, 4.69) is 15.5 Å². The van der Waals surface area contributed by atoms with Gasteiger partial charge in [-0.2, -0.15) is 5.26 Å². The van der Waals surface area contributed by atoms with Crippen LogP contribution in [0.1, 0.15) is 5.56 Å². The van der Waals surface area contributed by atoms with Gasteiger partial charge in [0, 0.05) is 4.90 Å². The van der Waals surface area contributed by atoms with Gasteiger partial charge in [0.05, 0.1) is 0 Å². The summed E-state index contributed by atoms with van der Waals surface area (Å²) in [6, 6.07) is 5.90. The van der Waals surface area contributed by atoms with Gasteiger partial charge in [-0.1, -0.05) is 6.07 Å². The van der Waals surface area contributed by atoms with Crippen molar-refractivity contribution in [2.75, 3.05) is 0 Å². The number of aliphatic carboxylic acids is 1. The Bertz CT molecular complexity index is 666. The van der Waals surface area contributed by atoms with E-state index in [9.17, 15) is 9.18 Å². The number of hydrogen-bond acceptors (Lipinski definition) is 6. The second kappa shape index (κ2) is 5.45. The largest absolute Gasteiger partial charge is 0.480 e. The minimum atomic E-state index is -1.10. The number of carbonyl (C=O) groups is 1. The molecule has 0 aliphatic carbocycles. The van der Waals surface area contributed by atoms with E-state index in [0.717, 1.165) is 16.4 Å². The fourth-order valence-corrected chi connectivity index (χ4v) is 2.17. The van der Waals surface area contributed by atoms with Crippen molar-refractivity contribution in [3.8, 4) is 6.07 Å². The summed E-state index contributed by atoms with van der Waals surface area (Å²) in [5.74, 6) is -1.75. The summed E-state index contributed by atoms with van der Waals surface area (Å²) in [5.41, 5.74) is -0.127. The third-order valence-electron chi connectivity index (χ3n) is 2.07. The lowest BCUT2D eigenvalue weighted by Crippen LogP contribution is -2.11. The van der Waals surface area contributed by atoms with E-state index in [-0.39, 0.29) is 10.7 Å². The van der Waals surface area contributed by atoms with Crippen LogP contribution in [0, 0.1) is 17.1 Å². The second-order valence-corrected chi connectivity index (χ2v) is 4.35. The number of benzene rings is 1. The first-order chi connectivity index (χ1) is 9.11. The average Bonchev–Trinajstić information content (AvgIpc) is 2.76. The molecular formula is C10H6FN5O2S. The number of carboxylic acids is 1. The van der Waals surface area contributed by atoms with E-state index in [1.807, 2.05) is 0 Å². The SMILES string of the molecule is N#Cc1c(F)cccc1Sc1nnnn1CC(=O)O. The Hall–Kier alpha value is -2.47. The molecule has 1 N–H and O–H groups in total. The first-order valence-corrected chi connectivity index (χ1v) is 5.78.